The van der Waals surface area contributed by atoms with Crippen molar-refractivity contribution >= 4 is 11.6 Å². The number of nitrogens with zero attached hydrogens (tertiary/aromatic N) is 1. The van der Waals surface area contributed by atoms with E-state index in [0.29, 0.717) is 22.9 Å². The third-order valence-corrected chi connectivity index (χ3v) is 3.92. The van der Waals surface area contributed by atoms with Crippen molar-refractivity contribution in [1.82, 2.24) is 4.98 Å². The maximum absolute atomic E-state index is 12.5. The first-order valence-corrected chi connectivity index (χ1v) is 8.37. The van der Waals surface area contributed by atoms with E-state index in [0.717, 1.165) is 12.2 Å². The molecule has 2 aromatic carbocycles. The van der Waals surface area contributed by atoms with Crippen LogP contribution in [-0.2, 0) is 6.42 Å². The minimum Gasteiger partial charge on any atom is -0.497 e. The van der Waals surface area contributed by atoms with E-state index in [9.17, 15) is 4.79 Å². The van der Waals surface area contributed by atoms with Gasteiger partial charge >= 0.3 is 0 Å². The van der Waals surface area contributed by atoms with Crippen molar-refractivity contribution in [2.75, 3.05) is 12.4 Å². The first kappa shape index (κ1) is 17.5. The number of carbonyl (C=O) groups is 1. The van der Waals surface area contributed by atoms with E-state index in [1.165, 1.54) is 5.56 Å². The van der Waals surface area contributed by atoms with Crippen molar-refractivity contribution in [1.29, 1.82) is 0 Å². The Balaban J connectivity index is 1.76. The Morgan fingerprint density at radius 1 is 1.00 bits per heavy atom. The summed E-state index contributed by atoms with van der Waals surface area (Å²) in [5, 5.41) is 2.86. The molecule has 0 aliphatic carbocycles. The van der Waals surface area contributed by atoms with Crippen LogP contribution in [0.3, 0.4) is 0 Å². The molecular weight excluding hydrogens is 328 g/mol. The summed E-state index contributed by atoms with van der Waals surface area (Å²) >= 11 is 0. The van der Waals surface area contributed by atoms with Gasteiger partial charge in [0.1, 0.15) is 17.2 Å². The number of rotatable bonds is 6. The summed E-state index contributed by atoms with van der Waals surface area (Å²) in [5.41, 5.74) is 2.28. The molecule has 0 aliphatic heterocycles. The highest BCUT2D eigenvalue weighted by molar-refractivity contribution is 6.04. The summed E-state index contributed by atoms with van der Waals surface area (Å²) < 4.78 is 10.9. The van der Waals surface area contributed by atoms with E-state index >= 15 is 0 Å². The average Bonchev–Trinajstić information content (AvgIpc) is 2.70. The van der Waals surface area contributed by atoms with Crippen LogP contribution in [0.4, 0.5) is 5.69 Å². The molecule has 26 heavy (non-hydrogen) atoms. The van der Waals surface area contributed by atoms with Crippen LogP contribution >= 0.6 is 0 Å². The molecule has 1 amide bonds. The highest BCUT2D eigenvalue weighted by Crippen LogP contribution is 2.28. The Bertz CT molecular complexity index is 875. The molecule has 0 aliphatic rings. The van der Waals surface area contributed by atoms with Crippen LogP contribution in [-0.4, -0.2) is 18.0 Å². The van der Waals surface area contributed by atoms with Gasteiger partial charge in [0.05, 0.1) is 7.11 Å². The van der Waals surface area contributed by atoms with Gasteiger partial charge in [-0.15, -0.1) is 0 Å². The van der Waals surface area contributed by atoms with Gasteiger partial charge in [0, 0.05) is 11.8 Å². The first-order chi connectivity index (χ1) is 12.7. The minimum atomic E-state index is -0.208. The van der Waals surface area contributed by atoms with Gasteiger partial charge in [-0.3, -0.25) is 4.79 Å². The molecule has 0 fully saturated rings. The molecule has 0 bridgehead atoms. The third-order valence-electron chi connectivity index (χ3n) is 3.92. The van der Waals surface area contributed by atoms with Crippen LogP contribution in [0.15, 0.2) is 66.9 Å². The molecule has 0 unspecified atom stereocenters. The third kappa shape index (κ3) is 4.19. The number of amides is 1. The SMILES string of the molecule is CCc1ccc(C(=O)Nc2cccnc2Oc2ccc(OC)cc2)cc1. The molecule has 5 nitrogen and oxygen atoms in total. The standard InChI is InChI=1S/C21H20N2O3/c1-3-15-6-8-16(9-7-15)20(24)23-19-5-4-14-22-21(19)26-18-12-10-17(25-2)11-13-18/h4-14H,3H2,1-2H3,(H,23,24). The number of hydrogen-bond acceptors (Lipinski definition) is 4. The van der Waals surface area contributed by atoms with Crippen molar-refractivity contribution in [3.05, 3.63) is 78.0 Å². The summed E-state index contributed by atoms with van der Waals surface area (Å²) in [6.45, 7) is 2.08. The van der Waals surface area contributed by atoms with E-state index in [4.69, 9.17) is 9.47 Å². The largest absolute Gasteiger partial charge is 0.497 e. The Morgan fingerprint density at radius 2 is 1.69 bits per heavy atom. The van der Waals surface area contributed by atoms with Gasteiger partial charge in [-0.25, -0.2) is 4.98 Å². The molecule has 132 valence electrons. The monoisotopic (exact) mass is 348 g/mol. The highest BCUT2D eigenvalue weighted by Gasteiger charge is 2.11. The van der Waals surface area contributed by atoms with Crippen LogP contribution in [0.5, 0.6) is 17.4 Å². The normalized spacial score (nSPS) is 10.2. The summed E-state index contributed by atoms with van der Waals surface area (Å²) in [4.78, 5) is 16.7. The maximum atomic E-state index is 12.5. The number of aryl methyl sites for hydroxylation is 1. The lowest BCUT2D eigenvalue weighted by atomic mass is 10.1. The van der Waals surface area contributed by atoms with E-state index in [2.05, 4.69) is 17.2 Å². The number of methoxy groups -OCH3 is 1. The Kier molecular flexibility index (Phi) is 5.49. The van der Waals surface area contributed by atoms with Crippen molar-refractivity contribution in [3.8, 4) is 17.4 Å². The van der Waals surface area contributed by atoms with E-state index in [1.54, 1.807) is 49.7 Å². The molecule has 5 heteroatoms. The van der Waals surface area contributed by atoms with Crippen molar-refractivity contribution in [2.45, 2.75) is 13.3 Å². The highest BCUT2D eigenvalue weighted by atomic mass is 16.5. The van der Waals surface area contributed by atoms with Gasteiger partial charge in [-0.05, 0) is 60.5 Å². The minimum absolute atomic E-state index is 0.208. The molecule has 0 radical (unpaired) electrons. The molecule has 3 rings (SSSR count). The smallest absolute Gasteiger partial charge is 0.255 e. The van der Waals surface area contributed by atoms with Crippen LogP contribution < -0.4 is 14.8 Å². The average molecular weight is 348 g/mol. The lowest BCUT2D eigenvalue weighted by molar-refractivity contribution is 0.102. The summed E-state index contributed by atoms with van der Waals surface area (Å²) in [6, 6.07) is 18.2. The molecule has 1 N–H and O–H groups in total. The quantitative estimate of drug-likeness (QED) is 0.701. The van der Waals surface area contributed by atoms with Crippen LogP contribution in [0, 0.1) is 0 Å². The number of ether oxygens (including phenoxy) is 2. The van der Waals surface area contributed by atoms with Gasteiger partial charge in [0.15, 0.2) is 0 Å². The second-order valence-corrected chi connectivity index (χ2v) is 5.64. The molecule has 3 aromatic rings. The molecule has 0 spiro atoms. The lowest BCUT2D eigenvalue weighted by Gasteiger charge is -2.11. The molecule has 1 aromatic heterocycles. The number of pyridine rings is 1. The number of hydrogen-bond donors (Lipinski definition) is 1. The number of anilines is 1. The van der Waals surface area contributed by atoms with Crippen LogP contribution in [0.2, 0.25) is 0 Å². The van der Waals surface area contributed by atoms with Crippen molar-refractivity contribution in [3.63, 3.8) is 0 Å². The van der Waals surface area contributed by atoms with E-state index < -0.39 is 0 Å². The number of aromatic nitrogens is 1. The Labute approximate surface area is 152 Å². The zero-order chi connectivity index (χ0) is 18.4. The number of nitrogens with one attached hydrogen (secondary N) is 1. The van der Waals surface area contributed by atoms with Gasteiger partial charge in [-0.2, -0.15) is 0 Å². The van der Waals surface area contributed by atoms with Crippen molar-refractivity contribution < 1.29 is 14.3 Å². The zero-order valence-corrected chi connectivity index (χ0v) is 14.7. The number of benzene rings is 2. The van der Waals surface area contributed by atoms with Crippen molar-refractivity contribution in [2.24, 2.45) is 0 Å². The second-order valence-electron chi connectivity index (χ2n) is 5.64. The Morgan fingerprint density at radius 3 is 2.35 bits per heavy atom. The van der Waals surface area contributed by atoms with E-state index in [-0.39, 0.29) is 5.91 Å². The second kappa shape index (κ2) is 8.16. The molecule has 1 heterocycles. The van der Waals surface area contributed by atoms with Gasteiger partial charge in [0.2, 0.25) is 5.88 Å². The fraction of sp³-hybridized carbons (Fsp3) is 0.143. The predicted octanol–water partition coefficient (Wildman–Crippen LogP) is 4.70. The van der Waals surface area contributed by atoms with Crippen LogP contribution in [0.1, 0.15) is 22.8 Å². The zero-order valence-electron chi connectivity index (χ0n) is 14.7. The Hall–Kier alpha value is -3.34. The van der Waals surface area contributed by atoms with E-state index in [1.807, 2.05) is 24.3 Å². The number of carbonyl (C=O) groups excluding carboxylic acids is 1. The summed E-state index contributed by atoms with van der Waals surface area (Å²) in [7, 11) is 1.61. The van der Waals surface area contributed by atoms with Crippen LogP contribution in [0.25, 0.3) is 0 Å². The maximum Gasteiger partial charge on any atom is 0.255 e. The molecule has 0 atom stereocenters. The predicted molar refractivity (Wildman–Crippen MR) is 101 cm³/mol. The van der Waals surface area contributed by atoms with Gasteiger partial charge in [0.25, 0.3) is 5.91 Å². The fourth-order valence-electron chi connectivity index (χ4n) is 2.41. The van der Waals surface area contributed by atoms with Gasteiger partial charge in [-0.1, -0.05) is 19.1 Å². The fourth-order valence-corrected chi connectivity index (χ4v) is 2.41. The first-order valence-electron chi connectivity index (χ1n) is 8.37. The summed E-state index contributed by atoms with van der Waals surface area (Å²) in [6.07, 6.45) is 2.55. The summed E-state index contributed by atoms with van der Waals surface area (Å²) in [5.74, 6) is 1.46. The molecule has 0 saturated heterocycles. The van der Waals surface area contributed by atoms with Gasteiger partial charge < -0.3 is 14.8 Å². The molecular formula is C21H20N2O3. The molecule has 0 saturated carbocycles. The topological polar surface area (TPSA) is 60.5 Å². The lowest BCUT2D eigenvalue weighted by Crippen LogP contribution is -2.12.